The van der Waals surface area contributed by atoms with Gasteiger partial charge < -0.3 is 10.1 Å². The number of methoxy groups -OCH3 is 1. The van der Waals surface area contributed by atoms with Gasteiger partial charge in [0.2, 0.25) is 5.91 Å². The number of carbonyl (C=O) groups excluding carboxylic acids is 2. The van der Waals surface area contributed by atoms with Gasteiger partial charge in [0.25, 0.3) is 0 Å². The molecule has 2 aliphatic carbocycles. The lowest BCUT2D eigenvalue weighted by molar-refractivity contribution is -0.137. The summed E-state index contributed by atoms with van der Waals surface area (Å²) < 4.78 is 28.8. The van der Waals surface area contributed by atoms with Crippen LogP contribution in [0, 0.1) is 17.8 Å². The standard InChI is InChI=1S/C22H34N2O5S2/c1-29-20(26)15-31(27,28)21-14-23-22(30-21)24-19(25)13-12-18(16-8-4-2-5-9-16)17-10-6-3-7-11-17/h14,16-18H,2-13,15H2,1H3,(H,23,24,25). The fourth-order valence-electron chi connectivity index (χ4n) is 5.21. The summed E-state index contributed by atoms with van der Waals surface area (Å²) >= 11 is 0.872. The first kappa shape index (κ1) is 24.2. The number of hydrogen-bond acceptors (Lipinski definition) is 7. The Kier molecular flexibility index (Phi) is 8.89. The first-order valence-electron chi connectivity index (χ1n) is 11.4. The molecule has 0 unspecified atom stereocenters. The molecule has 0 atom stereocenters. The van der Waals surface area contributed by atoms with Crippen molar-refractivity contribution >= 4 is 38.2 Å². The van der Waals surface area contributed by atoms with Crippen LogP contribution in [0.25, 0.3) is 0 Å². The highest BCUT2D eigenvalue weighted by Gasteiger charge is 2.31. The summed E-state index contributed by atoms with van der Waals surface area (Å²) in [6.45, 7) is 0. The van der Waals surface area contributed by atoms with E-state index in [1.54, 1.807) is 0 Å². The molecule has 7 nitrogen and oxygen atoms in total. The van der Waals surface area contributed by atoms with Crippen molar-refractivity contribution in [3.8, 4) is 0 Å². The number of nitrogens with zero attached hydrogens (tertiary/aromatic N) is 1. The third kappa shape index (κ3) is 7.00. The zero-order valence-electron chi connectivity index (χ0n) is 18.3. The molecular weight excluding hydrogens is 436 g/mol. The van der Waals surface area contributed by atoms with Crippen molar-refractivity contribution in [1.82, 2.24) is 4.98 Å². The average molecular weight is 471 g/mol. The molecule has 0 radical (unpaired) electrons. The van der Waals surface area contributed by atoms with Gasteiger partial charge in [-0.25, -0.2) is 13.4 Å². The minimum Gasteiger partial charge on any atom is -0.468 e. The maximum atomic E-state index is 12.6. The number of thiazole rings is 1. The van der Waals surface area contributed by atoms with E-state index in [0.717, 1.165) is 36.7 Å². The van der Waals surface area contributed by atoms with Crippen LogP contribution in [0.1, 0.15) is 77.0 Å². The quantitative estimate of drug-likeness (QED) is 0.530. The van der Waals surface area contributed by atoms with Crippen LogP contribution in [0.5, 0.6) is 0 Å². The Morgan fingerprint density at radius 2 is 1.68 bits per heavy atom. The summed E-state index contributed by atoms with van der Waals surface area (Å²) in [5.41, 5.74) is 0. The van der Waals surface area contributed by atoms with Crippen LogP contribution in [0.2, 0.25) is 0 Å². The topological polar surface area (TPSA) is 102 Å². The lowest BCUT2D eigenvalue weighted by Gasteiger charge is -2.38. The van der Waals surface area contributed by atoms with Crippen LogP contribution in [0.15, 0.2) is 10.4 Å². The highest BCUT2D eigenvalue weighted by atomic mass is 32.2. The normalized spacial score (nSPS) is 18.8. The monoisotopic (exact) mass is 470 g/mol. The number of rotatable bonds is 9. The molecule has 2 fully saturated rings. The summed E-state index contributed by atoms with van der Waals surface area (Å²) in [6, 6.07) is 0. The number of aromatic nitrogens is 1. The predicted molar refractivity (Wildman–Crippen MR) is 121 cm³/mol. The number of carbonyl (C=O) groups is 2. The lowest BCUT2D eigenvalue weighted by atomic mass is 9.68. The molecule has 2 aliphatic rings. The Balaban J connectivity index is 1.56. The van der Waals surface area contributed by atoms with Crippen molar-refractivity contribution in [1.29, 1.82) is 0 Å². The summed E-state index contributed by atoms with van der Waals surface area (Å²) in [7, 11) is -2.67. The number of anilines is 1. The molecule has 0 aromatic carbocycles. The second-order valence-electron chi connectivity index (χ2n) is 8.87. The summed E-state index contributed by atoms with van der Waals surface area (Å²) in [5, 5.41) is 3.00. The van der Waals surface area contributed by atoms with E-state index in [4.69, 9.17) is 0 Å². The molecule has 3 rings (SSSR count). The Morgan fingerprint density at radius 3 is 2.23 bits per heavy atom. The van der Waals surface area contributed by atoms with Gasteiger partial charge in [-0.3, -0.25) is 9.59 Å². The maximum Gasteiger partial charge on any atom is 0.321 e. The van der Waals surface area contributed by atoms with E-state index in [9.17, 15) is 18.0 Å². The summed E-state index contributed by atoms with van der Waals surface area (Å²) in [5.74, 6) is 0.403. The van der Waals surface area contributed by atoms with Gasteiger partial charge >= 0.3 is 5.97 Å². The van der Waals surface area contributed by atoms with Crippen LogP contribution in [0.3, 0.4) is 0 Å². The van der Waals surface area contributed by atoms with Gasteiger partial charge in [-0.05, 0) is 24.2 Å². The molecule has 0 bridgehead atoms. The number of hydrogen-bond donors (Lipinski definition) is 1. The molecule has 1 heterocycles. The molecule has 1 amide bonds. The Hall–Kier alpha value is -1.48. The van der Waals surface area contributed by atoms with Crippen LogP contribution in [-0.4, -0.2) is 38.1 Å². The third-order valence-electron chi connectivity index (χ3n) is 6.79. The van der Waals surface area contributed by atoms with Crippen molar-refractivity contribution in [3.63, 3.8) is 0 Å². The van der Waals surface area contributed by atoms with Crippen molar-refractivity contribution in [3.05, 3.63) is 6.20 Å². The van der Waals surface area contributed by atoms with E-state index in [2.05, 4.69) is 15.0 Å². The summed E-state index contributed by atoms with van der Waals surface area (Å²) in [6.07, 6.45) is 15.6. The highest BCUT2D eigenvalue weighted by Crippen LogP contribution is 2.42. The minimum atomic E-state index is -3.81. The highest BCUT2D eigenvalue weighted by molar-refractivity contribution is 7.94. The molecule has 1 N–H and O–H groups in total. The van der Waals surface area contributed by atoms with Crippen LogP contribution < -0.4 is 5.32 Å². The van der Waals surface area contributed by atoms with Gasteiger partial charge in [-0.2, -0.15) is 0 Å². The fraction of sp³-hybridized carbons (Fsp3) is 0.773. The van der Waals surface area contributed by atoms with E-state index in [1.165, 1.54) is 70.4 Å². The van der Waals surface area contributed by atoms with Gasteiger partial charge in [0.15, 0.2) is 20.7 Å². The maximum absolute atomic E-state index is 12.6. The molecule has 31 heavy (non-hydrogen) atoms. The number of ether oxygens (including phenoxy) is 1. The molecular formula is C22H34N2O5S2. The van der Waals surface area contributed by atoms with E-state index in [0.29, 0.717) is 12.3 Å². The molecule has 0 aliphatic heterocycles. The van der Waals surface area contributed by atoms with E-state index < -0.39 is 21.6 Å². The third-order valence-corrected chi connectivity index (χ3v) is 9.84. The fourth-order valence-corrected chi connectivity index (χ4v) is 7.48. The average Bonchev–Trinajstić information content (AvgIpc) is 3.24. The van der Waals surface area contributed by atoms with Gasteiger partial charge in [0.05, 0.1) is 13.3 Å². The molecule has 1 aromatic rings. The van der Waals surface area contributed by atoms with Crippen molar-refractivity contribution in [2.45, 2.75) is 81.3 Å². The molecule has 0 spiro atoms. The second kappa shape index (κ2) is 11.4. The Labute approximate surface area is 189 Å². The number of sulfone groups is 1. The van der Waals surface area contributed by atoms with Gasteiger partial charge in [-0.15, -0.1) is 0 Å². The lowest BCUT2D eigenvalue weighted by Crippen LogP contribution is -2.28. The SMILES string of the molecule is COC(=O)CS(=O)(=O)c1cnc(NC(=O)CCC(C2CCCCC2)C2CCCCC2)s1. The molecule has 174 valence electrons. The minimum absolute atomic E-state index is 0.0458. The molecule has 0 saturated heterocycles. The van der Waals surface area contributed by atoms with Gasteiger partial charge in [0.1, 0.15) is 4.21 Å². The Morgan fingerprint density at radius 1 is 1.10 bits per heavy atom. The van der Waals surface area contributed by atoms with Crippen LogP contribution in [-0.2, 0) is 24.2 Å². The van der Waals surface area contributed by atoms with Crippen LogP contribution >= 0.6 is 11.3 Å². The van der Waals surface area contributed by atoms with Gasteiger partial charge in [-0.1, -0.05) is 75.5 Å². The summed E-state index contributed by atoms with van der Waals surface area (Å²) in [4.78, 5) is 27.9. The smallest absolute Gasteiger partial charge is 0.321 e. The second-order valence-corrected chi connectivity index (χ2v) is 12.1. The number of esters is 1. The largest absolute Gasteiger partial charge is 0.468 e. The molecule has 9 heteroatoms. The van der Waals surface area contributed by atoms with E-state index in [1.807, 2.05) is 0 Å². The van der Waals surface area contributed by atoms with Crippen LogP contribution in [0.4, 0.5) is 5.13 Å². The van der Waals surface area contributed by atoms with Crippen molar-refractivity contribution in [2.24, 2.45) is 17.8 Å². The van der Waals surface area contributed by atoms with Crippen molar-refractivity contribution < 1.29 is 22.7 Å². The molecule has 1 aromatic heterocycles. The molecule has 2 saturated carbocycles. The first-order valence-corrected chi connectivity index (χ1v) is 13.9. The predicted octanol–water partition coefficient (Wildman–Crippen LogP) is 4.59. The number of nitrogens with one attached hydrogen (secondary N) is 1. The number of amides is 1. The van der Waals surface area contributed by atoms with E-state index >= 15 is 0 Å². The first-order chi connectivity index (χ1) is 14.9. The zero-order chi connectivity index (χ0) is 22.3. The zero-order valence-corrected chi connectivity index (χ0v) is 19.9. The Bertz CT molecular complexity index is 822. The van der Waals surface area contributed by atoms with Gasteiger partial charge in [0, 0.05) is 6.42 Å². The van der Waals surface area contributed by atoms with E-state index in [-0.39, 0.29) is 15.2 Å². The van der Waals surface area contributed by atoms with Crippen molar-refractivity contribution in [2.75, 3.05) is 18.2 Å².